The van der Waals surface area contributed by atoms with Crippen LogP contribution in [0.15, 0.2) is 0 Å². The van der Waals surface area contributed by atoms with Crippen LogP contribution in [0.2, 0.25) is 0 Å². The van der Waals surface area contributed by atoms with Gasteiger partial charge in [-0.2, -0.15) is 5.10 Å². The molecule has 17 heavy (non-hydrogen) atoms. The lowest BCUT2D eigenvalue weighted by Crippen LogP contribution is -2.32. The molecule has 0 bridgehead atoms. The lowest BCUT2D eigenvalue weighted by atomic mass is 10.2. The van der Waals surface area contributed by atoms with Crippen LogP contribution in [0.25, 0.3) is 0 Å². The number of aryl methyl sites for hydroxylation is 2. The monoisotopic (exact) mass is 238 g/mol. The second-order valence-electron chi connectivity index (χ2n) is 4.70. The molecule has 1 atom stereocenters. The standard InChI is InChI=1S/C12H22N4O/c1-9-8-16(5-4-6-17-9)12-11(7-13)10(2)14-15(12)3/h9H,4-8,13H2,1-3H3/t9-/m1/s1. The molecule has 0 saturated carbocycles. The molecule has 96 valence electrons. The minimum atomic E-state index is 0.262. The van der Waals surface area contributed by atoms with E-state index in [4.69, 9.17) is 10.5 Å². The molecule has 0 aromatic carbocycles. The van der Waals surface area contributed by atoms with E-state index in [2.05, 4.69) is 16.9 Å². The molecule has 0 unspecified atom stereocenters. The summed E-state index contributed by atoms with van der Waals surface area (Å²) in [6.07, 6.45) is 1.32. The molecule has 1 aromatic heterocycles. The predicted octanol–water partition coefficient (Wildman–Crippen LogP) is 0.802. The molecule has 1 aliphatic heterocycles. The molecule has 0 aliphatic carbocycles. The van der Waals surface area contributed by atoms with E-state index in [0.29, 0.717) is 6.54 Å². The fourth-order valence-electron chi connectivity index (χ4n) is 2.51. The van der Waals surface area contributed by atoms with E-state index < -0.39 is 0 Å². The van der Waals surface area contributed by atoms with Gasteiger partial charge in [-0.3, -0.25) is 4.68 Å². The molecule has 2 heterocycles. The quantitative estimate of drug-likeness (QED) is 0.828. The molecule has 5 nitrogen and oxygen atoms in total. The third-order valence-corrected chi connectivity index (χ3v) is 3.27. The highest BCUT2D eigenvalue weighted by Crippen LogP contribution is 2.24. The first-order valence-electron chi connectivity index (χ1n) is 6.22. The molecular weight excluding hydrogens is 216 g/mol. The number of nitrogens with two attached hydrogens (primary N) is 1. The van der Waals surface area contributed by atoms with Crippen LogP contribution in [0, 0.1) is 6.92 Å². The second-order valence-corrected chi connectivity index (χ2v) is 4.70. The van der Waals surface area contributed by atoms with Crippen LogP contribution in [0.1, 0.15) is 24.6 Å². The van der Waals surface area contributed by atoms with Crippen LogP contribution in [0.3, 0.4) is 0 Å². The summed E-state index contributed by atoms with van der Waals surface area (Å²) in [5.74, 6) is 1.15. The maximum Gasteiger partial charge on any atom is 0.131 e. The Labute approximate surface area is 103 Å². The van der Waals surface area contributed by atoms with Gasteiger partial charge in [0.1, 0.15) is 5.82 Å². The number of hydrogen-bond acceptors (Lipinski definition) is 4. The molecular formula is C12H22N4O. The van der Waals surface area contributed by atoms with Gasteiger partial charge in [-0.05, 0) is 20.3 Å². The van der Waals surface area contributed by atoms with Crippen LogP contribution < -0.4 is 10.6 Å². The summed E-state index contributed by atoms with van der Waals surface area (Å²) in [5.41, 5.74) is 8.02. The second kappa shape index (κ2) is 5.06. The van der Waals surface area contributed by atoms with Gasteiger partial charge < -0.3 is 15.4 Å². The van der Waals surface area contributed by atoms with Crippen molar-refractivity contribution in [3.05, 3.63) is 11.3 Å². The van der Waals surface area contributed by atoms with Gasteiger partial charge in [0.05, 0.1) is 11.8 Å². The number of rotatable bonds is 2. The smallest absolute Gasteiger partial charge is 0.131 e. The first-order chi connectivity index (χ1) is 8.13. The lowest BCUT2D eigenvalue weighted by molar-refractivity contribution is 0.0820. The van der Waals surface area contributed by atoms with Crippen molar-refractivity contribution >= 4 is 5.82 Å². The summed E-state index contributed by atoms with van der Waals surface area (Å²) in [6, 6.07) is 0. The number of anilines is 1. The molecule has 0 radical (unpaired) electrons. The Bertz CT molecular complexity index is 388. The third-order valence-electron chi connectivity index (χ3n) is 3.27. The van der Waals surface area contributed by atoms with Gasteiger partial charge in [-0.15, -0.1) is 0 Å². The van der Waals surface area contributed by atoms with Gasteiger partial charge in [-0.1, -0.05) is 0 Å². The first-order valence-corrected chi connectivity index (χ1v) is 6.22. The highest BCUT2D eigenvalue weighted by molar-refractivity contribution is 5.50. The minimum Gasteiger partial charge on any atom is -0.377 e. The zero-order valence-corrected chi connectivity index (χ0v) is 10.9. The number of ether oxygens (including phenoxy) is 1. The van der Waals surface area contributed by atoms with Crippen LogP contribution in [-0.4, -0.2) is 35.6 Å². The molecule has 2 rings (SSSR count). The van der Waals surface area contributed by atoms with E-state index >= 15 is 0 Å². The normalized spacial score (nSPS) is 21.6. The summed E-state index contributed by atoms with van der Waals surface area (Å²) in [5, 5.41) is 4.47. The topological polar surface area (TPSA) is 56.3 Å². The SMILES string of the molecule is Cc1nn(C)c(N2CCCO[C@H](C)C2)c1CN. The molecule has 1 fully saturated rings. The molecule has 5 heteroatoms. The number of nitrogens with zero attached hydrogens (tertiary/aromatic N) is 3. The van der Waals surface area contributed by atoms with Crippen molar-refractivity contribution in [3.8, 4) is 0 Å². The Hall–Kier alpha value is -1.07. The van der Waals surface area contributed by atoms with Gasteiger partial charge in [0.2, 0.25) is 0 Å². The van der Waals surface area contributed by atoms with Crippen molar-refractivity contribution in [2.45, 2.75) is 32.9 Å². The average molecular weight is 238 g/mol. The van der Waals surface area contributed by atoms with Crippen molar-refractivity contribution in [1.29, 1.82) is 0 Å². The summed E-state index contributed by atoms with van der Waals surface area (Å²) in [7, 11) is 1.98. The van der Waals surface area contributed by atoms with E-state index in [0.717, 1.165) is 43.2 Å². The van der Waals surface area contributed by atoms with E-state index in [-0.39, 0.29) is 6.10 Å². The summed E-state index contributed by atoms with van der Waals surface area (Å²) < 4.78 is 7.61. The van der Waals surface area contributed by atoms with Gasteiger partial charge in [0, 0.05) is 38.9 Å². The van der Waals surface area contributed by atoms with Crippen molar-refractivity contribution in [3.63, 3.8) is 0 Å². The molecule has 2 N–H and O–H groups in total. The maximum atomic E-state index is 5.83. The summed E-state index contributed by atoms with van der Waals surface area (Å²) >= 11 is 0. The fraction of sp³-hybridized carbons (Fsp3) is 0.750. The fourth-order valence-corrected chi connectivity index (χ4v) is 2.51. The van der Waals surface area contributed by atoms with E-state index in [1.54, 1.807) is 0 Å². The van der Waals surface area contributed by atoms with Crippen LogP contribution >= 0.6 is 0 Å². The Morgan fingerprint density at radius 2 is 2.29 bits per heavy atom. The highest BCUT2D eigenvalue weighted by atomic mass is 16.5. The zero-order chi connectivity index (χ0) is 12.4. The Morgan fingerprint density at radius 3 is 3.00 bits per heavy atom. The molecule has 1 aromatic rings. The summed E-state index contributed by atoms with van der Waals surface area (Å²) in [6.45, 7) is 7.43. The zero-order valence-electron chi connectivity index (χ0n) is 10.9. The van der Waals surface area contributed by atoms with Crippen LogP contribution in [-0.2, 0) is 18.3 Å². The third kappa shape index (κ3) is 2.45. The molecule has 0 spiro atoms. The van der Waals surface area contributed by atoms with Crippen molar-refractivity contribution in [2.75, 3.05) is 24.6 Å². The molecule has 1 saturated heterocycles. The summed E-state index contributed by atoms with van der Waals surface area (Å²) in [4.78, 5) is 2.35. The first kappa shape index (κ1) is 12.4. The van der Waals surface area contributed by atoms with E-state index in [1.807, 2.05) is 18.7 Å². The van der Waals surface area contributed by atoms with Gasteiger partial charge >= 0.3 is 0 Å². The Kier molecular flexibility index (Phi) is 3.69. The largest absolute Gasteiger partial charge is 0.377 e. The van der Waals surface area contributed by atoms with Gasteiger partial charge in [0.25, 0.3) is 0 Å². The number of hydrogen-bond donors (Lipinski definition) is 1. The Morgan fingerprint density at radius 1 is 1.53 bits per heavy atom. The highest BCUT2D eigenvalue weighted by Gasteiger charge is 2.22. The van der Waals surface area contributed by atoms with E-state index in [1.165, 1.54) is 0 Å². The minimum absolute atomic E-state index is 0.262. The van der Waals surface area contributed by atoms with Crippen LogP contribution in [0.5, 0.6) is 0 Å². The lowest BCUT2D eigenvalue weighted by Gasteiger charge is -2.25. The van der Waals surface area contributed by atoms with Crippen LogP contribution in [0.4, 0.5) is 5.82 Å². The van der Waals surface area contributed by atoms with Gasteiger partial charge in [0.15, 0.2) is 0 Å². The van der Waals surface area contributed by atoms with Gasteiger partial charge in [-0.25, -0.2) is 0 Å². The Balaban J connectivity index is 2.31. The average Bonchev–Trinajstić information content (AvgIpc) is 2.46. The van der Waals surface area contributed by atoms with E-state index in [9.17, 15) is 0 Å². The van der Waals surface area contributed by atoms with Crippen molar-refractivity contribution in [2.24, 2.45) is 12.8 Å². The predicted molar refractivity (Wildman–Crippen MR) is 68.1 cm³/mol. The molecule has 0 amide bonds. The molecule has 1 aliphatic rings. The number of aromatic nitrogens is 2. The van der Waals surface area contributed by atoms with Crippen molar-refractivity contribution < 1.29 is 4.74 Å². The van der Waals surface area contributed by atoms with Crippen molar-refractivity contribution in [1.82, 2.24) is 9.78 Å². The maximum absolute atomic E-state index is 5.83.